The van der Waals surface area contributed by atoms with Crippen molar-refractivity contribution in [2.75, 3.05) is 0 Å². The van der Waals surface area contributed by atoms with Crippen LogP contribution < -0.4 is 0 Å². The molecule has 0 aliphatic carbocycles. The molecular formula is H9Ca2O8PS. The zero-order chi connectivity index (χ0) is 9.00. The zero-order valence-electron chi connectivity index (χ0n) is 9.73. The third kappa shape index (κ3) is 265. The molecule has 0 spiro atoms. The third-order valence-corrected chi connectivity index (χ3v) is 0. The summed E-state index contributed by atoms with van der Waals surface area (Å²) in [6, 6.07) is 0. The van der Waals surface area contributed by atoms with Crippen LogP contribution >= 0.6 is 7.82 Å². The van der Waals surface area contributed by atoms with Gasteiger partial charge >= 0.3 is 93.7 Å². The average Bonchev–Trinajstić information content (AvgIpc) is 1.12. The Kier molecular flexibility index (Phi) is 20.0. The molecule has 8 nitrogen and oxygen atoms in total. The van der Waals surface area contributed by atoms with Crippen molar-refractivity contribution in [3.05, 3.63) is 0 Å². The van der Waals surface area contributed by atoms with Crippen molar-refractivity contribution in [1.82, 2.24) is 0 Å². The van der Waals surface area contributed by atoms with E-state index in [4.69, 9.17) is 36.8 Å². The van der Waals surface area contributed by atoms with E-state index in [0.29, 0.717) is 0 Å². The van der Waals surface area contributed by atoms with E-state index in [1.54, 1.807) is 0 Å². The van der Waals surface area contributed by atoms with Gasteiger partial charge in [0.05, 0.1) is 0 Å². The van der Waals surface area contributed by atoms with Gasteiger partial charge in [-0.25, -0.2) is 4.57 Å². The van der Waals surface area contributed by atoms with Crippen molar-refractivity contribution in [3.63, 3.8) is 0 Å². The first-order valence-electron chi connectivity index (χ1n) is 1.48. The molecule has 0 radical (unpaired) electrons. The Labute approximate surface area is 134 Å². The number of rotatable bonds is 0. The van der Waals surface area contributed by atoms with Gasteiger partial charge in [0.1, 0.15) is 0 Å². The van der Waals surface area contributed by atoms with E-state index in [2.05, 4.69) is 0 Å². The summed E-state index contributed by atoms with van der Waals surface area (Å²) in [7, 11) is -9.31. The van der Waals surface area contributed by atoms with Gasteiger partial charge in [0.2, 0.25) is 0 Å². The minimum Gasteiger partial charge on any atom is -1.00 e. The third-order valence-electron chi connectivity index (χ3n) is 0. The summed E-state index contributed by atoms with van der Waals surface area (Å²) in [6.45, 7) is 0. The van der Waals surface area contributed by atoms with Gasteiger partial charge in [-0.05, 0) is 0 Å². The Balaban J connectivity index is -0.00000000970. The van der Waals surface area contributed by atoms with Gasteiger partial charge in [-0.3, -0.25) is 9.11 Å². The van der Waals surface area contributed by atoms with Gasteiger partial charge in [0.25, 0.3) is 0 Å². The molecule has 0 aromatic heterocycles. The molecule has 72 valence electrons. The van der Waals surface area contributed by atoms with E-state index in [1.165, 1.54) is 0 Å². The van der Waals surface area contributed by atoms with E-state index < -0.39 is 18.2 Å². The molecule has 12 heavy (non-hydrogen) atoms. The zero-order valence-corrected chi connectivity index (χ0v) is 11.9. The molecule has 0 aromatic rings. The predicted octanol–water partition coefficient (Wildman–Crippen LogP) is -1.89. The van der Waals surface area contributed by atoms with Crippen LogP contribution in [-0.4, -0.2) is 108 Å². The maximum atomic E-state index is 8.88. The SMILES string of the molecule is O=P(O)(O)O.O=S(=O)(O)O.[Ca+2].[Ca+2].[H-].[H-].[H-].[H-]. The fourth-order valence-corrected chi connectivity index (χ4v) is 0. The molecule has 0 aliphatic heterocycles. The first-order chi connectivity index (χ1) is 4.00. The molecule has 0 aliphatic rings. The first-order valence-corrected chi connectivity index (χ1v) is 4.44. The van der Waals surface area contributed by atoms with Crippen LogP contribution in [0.25, 0.3) is 0 Å². The Morgan fingerprint density at radius 1 is 1.00 bits per heavy atom. The molecule has 0 atom stereocenters. The van der Waals surface area contributed by atoms with Crippen molar-refractivity contribution in [3.8, 4) is 0 Å². The monoisotopic (exact) mass is 280 g/mol. The van der Waals surface area contributed by atoms with Crippen LogP contribution in [0.4, 0.5) is 0 Å². The van der Waals surface area contributed by atoms with E-state index >= 15 is 0 Å². The number of hydrogen-bond acceptors (Lipinski definition) is 3. The van der Waals surface area contributed by atoms with Gasteiger partial charge in [0, 0.05) is 0 Å². The summed E-state index contributed by atoms with van der Waals surface area (Å²) in [5.41, 5.74) is 0. The second-order valence-electron chi connectivity index (χ2n) is 0.961. The van der Waals surface area contributed by atoms with Gasteiger partial charge < -0.3 is 20.4 Å². The van der Waals surface area contributed by atoms with Crippen LogP contribution in [0.5, 0.6) is 0 Å². The molecule has 0 saturated carbocycles. The van der Waals surface area contributed by atoms with Crippen LogP contribution in [0.15, 0.2) is 0 Å². The van der Waals surface area contributed by atoms with Crippen LogP contribution in [0.2, 0.25) is 0 Å². The minimum atomic E-state index is -4.67. The van der Waals surface area contributed by atoms with Crippen LogP contribution in [-0.2, 0) is 15.0 Å². The summed E-state index contributed by atoms with van der Waals surface area (Å²) in [5, 5.41) is 0. The maximum Gasteiger partial charge on any atom is 2.00 e. The smallest absolute Gasteiger partial charge is 1.00 e. The van der Waals surface area contributed by atoms with Gasteiger partial charge in [-0.2, -0.15) is 8.42 Å². The molecule has 0 amide bonds. The summed E-state index contributed by atoms with van der Waals surface area (Å²) >= 11 is 0. The van der Waals surface area contributed by atoms with E-state index in [0.717, 1.165) is 0 Å². The largest absolute Gasteiger partial charge is 2.00 e. The Morgan fingerprint density at radius 3 is 1.00 bits per heavy atom. The quantitative estimate of drug-likeness (QED) is 0.196. The molecule has 0 saturated heterocycles. The van der Waals surface area contributed by atoms with Crippen LogP contribution in [0.3, 0.4) is 0 Å². The van der Waals surface area contributed by atoms with Gasteiger partial charge in [0.15, 0.2) is 0 Å². The summed E-state index contributed by atoms with van der Waals surface area (Å²) in [5.74, 6) is 0. The molecular weight excluding hydrogens is 271 g/mol. The van der Waals surface area contributed by atoms with Crippen molar-refractivity contribution in [2.45, 2.75) is 0 Å². The molecule has 5 N–H and O–H groups in total. The first kappa shape index (κ1) is 24.0. The molecule has 0 unspecified atom stereocenters. The summed E-state index contributed by atoms with van der Waals surface area (Å²) in [4.78, 5) is 21.6. The summed E-state index contributed by atoms with van der Waals surface area (Å²) < 4.78 is 40.5. The average molecular weight is 280 g/mol. The molecule has 0 aromatic carbocycles. The topological polar surface area (TPSA) is 152 Å². The normalized spacial score (nSPS) is 9.75. The van der Waals surface area contributed by atoms with E-state index in [9.17, 15) is 0 Å². The second-order valence-corrected chi connectivity index (χ2v) is 2.88. The second kappa shape index (κ2) is 10.0. The minimum absolute atomic E-state index is 0. The summed E-state index contributed by atoms with van der Waals surface area (Å²) in [6.07, 6.45) is 0. The fraction of sp³-hybridized carbons (Fsp3) is 0. The van der Waals surface area contributed by atoms with Crippen molar-refractivity contribution in [2.24, 2.45) is 0 Å². The van der Waals surface area contributed by atoms with Gasteiger partial charge in [-0.15, -0.1) is 0 Å². The Morgan fingerprint density at radius 2 is 1.00 bits per heavy atom. The van der Waals surface area contributed by atoms with Crippen LogP contribution in [0, 0.1) is 0 Å². The standard InChI is InChI=1S/2Ca.H3O4P.H2O4S.4H/c;;2*1-5(2,3)4;;;;/h;;(H3,1,2,3,4);(H2,1,2,3,4);;;;/q2*+2;;;4*-1. The van der Waals surface area contributed by atoms with Crippen molar-refractivity contribution >= 4 is 93.7 Å². The molecule has 0 bridgehead atoms. The van der Waals surface area contributed by atoms with Crippen molar-refractivity contribution in [1.29, 1.82) is 0 Å². The predicted molar refractivity (Wildman–Crippen MR) is 44.4 cm³/mol. The fourth-order valence-electron chi connectivity index (χ4n) is 0. The Hall–Kier alpha value is 2.50. The molecule has 12 heteroatoms. The van der Waals surface area contributed by atoms with Gasteiger partial charge in [-0.1, -0.05) is 0 Å². The van der Waals surface area contributed by atoms with Crippen LogP contribution in [0.1, 0.15) is 5.71 Å². The Bertz CT molecular complexity index is 208. The van der Waals surface area contributed by atoms with Crippen molar-refractivity contribution < 1.29 is 42.5 Å². The molecule has 0 heterocycles. The number of hydrogen-bond donors (Lipinski definition) is 5. The maximum absolute atomic E-state index is 8.88. The number of phosphoric acid groups is 1. The molecule has 0 fully saturated rings. The van der Waals surface area contributed by atoms with E-state index in [-0.39, 0.29) is 81.2 Å². The van der Waals surface area contributed by atoms with E-state index in [1.807, 2.05) is 0 Å². The molecule has 0 rings (SSSR count).